The van der Waals surface area contributed by atoms with E-state index in [2.05, 4.69) is 44.6 Å². The number of pyridine rings is 2. The number of methoxy groups -OCH3 is 1. The van der Waals surface area contributed by atoms with E-state index in [1.807, 2.05) is 6.07 Å². The third-order valence-corrected chi connectivity index (χ3v) is 8.57. The van der Waals surface area contributed by atoms with Gasteiger partial charge in [-0.1, -0.05) is 30.6 Å². The lowest BCUT2D eigenvalue weighted by Gasteiger charge is -2.38. The smallest absolute Gasteiger partial charge is 0.267 e. The van der Waals surface area contributed by atoms with Crippen LogP contribution >= 0.6 is 11.3 Å². The van der Waals surface area contributed by atoms with Gasteiger partial charge in [0.05, 0.1) is 37.9 Å². The number of anilines is 4. The first kappa shape index (κ1) is 34.2. The van der Waals surface area contributed by atoms with Gasteiger partial charge in [-0.2, -0.15) is 0 Å². The van der Waals surface area contributed by atoms with Crippen LogP contribution in [0, 0.1) is 0 Å². The van der Waals surface area contributed by atoms with Gasteiger partial charge in [0.2, 0.25) is 5.91 Å². The average Bonchev–Trinajstić information content (AvgIpc) is 3.59. The lowest BCUT2D eigenvalue weighted by molar-refractivity contribution is -0.126. The summed E-state index contributed by atoms with van der Waals surface area (Å²) in [5, 5.41) is 5.62. The van der Waals surface area contributed by atoms with Crippen LogP contribution in [0.1, 0.15) is 16.6 Å². The van der Waals surface area contributed by atoms with Crippen molar-refractivity contribution >= 4 is 45.6 Å². The number of carbonyl (C=O) groups excluding carboxylic acids is 2. The molecule has 252 valence electrons. The number of halogens is 2. The molecule has 0 saturated carbocycles. The van der Waals surface area contributed by atoms with E-state index >= 15 is 0 Å². The monoisotopic (exact) mass is 678 g/mol. The number of aromatic nitrogens is 3. The van der Waals surface area contributed by atoms with Gasteiger partial charge in [-0.3, -0.25) is 9.59 Å². The molecule has 48 heavy (non-hydrogen) atoms. The fraction of sp³-hybridized carbons (Fsp3) is 0.303. The molecule has 5 rings (SSSR count). The zero-order valence-corrected chi connectivity index (χ0v) is 27.5. The number of morpholine rings is 1. The van der Waals surface area contributed by atoms with Crippen molar-refractivity contribution in [2.24, 2.45) is 0 Å². The van der Waals surface area contributed by atoms with Crippen molar-refractivity contribution in [1.82, 2.24) is 25.2 Å². The first-order chi connectivity index (χ1) is 23.2. The van der Waals surface area contributed by atoms with E-state index < -0.39 is 23.3 Å². The van der Waals surface area contributed by atoms with Crippen molar-refractivity contribution in [2.75, 3.05) is 74.7 Å². The summed E-state index contributed by atoms with van der Waals surface area (Å²) in [6.07, 6.45) is 6.79. The molecule has 2 saturated heterocycles. The fourth-order valence-corrected chi connectivity index (χ4v) is 5.91. The lowest BCUT2D eigenvalue weighted by Crippen LogP contribution is -2.49. The average molecular weight is 679 g/mol. The summed E-state index contributed by atoms with van der Waals surface area (Å²) in [6.45, 7) is 13.3. The first-order valence-electron chi connectivity index (χ1n) is 15.2. The van der Waals surface area contributed by atoms with Gasteiger partial charge in [-0.05, 0) is 37.3 Å². The Morgan fingerprint density at radius 3 is 2.48 bits per heavy atom. The molecule has 2 fully saturated rings. The largest absolute Gasteiger partial charge is 0.493 e. The highest BCUT2D eigenvalue weighted by molar-refractivity contribution is 7.17. The second kappa shape index (κ2) is 15.6. The van der Waals surface area contributed by atoms with Crippen LogP contribution in [0.15, 0.2) is 79.3 Å². The van der Waals surface area contributed by atoms with Crippen molar-refractivity contribution in [3.63, 3.8) is 0 Å². The molecule has 2 aliphatic heterocycles. The number of carbonyl (C=O) groups is 2. The SMILES string of the molecule is C=CC(=O)N1CCN(c2ncc(-c3ccc(OC)c(Nc4ncc(C(=O)N/C(C(=C)F)=C(F)/C=C\C)s4)n3)cc2N2CCOCC2)CC1. The number of piperazine rings is 1. The van der Waals surface area contributed by atoms with Crippen molar-refractivity contribution in [1.29, 1.82) is 0 Å². The topological polar surface area (TPSA) is 125 Å². The summed E-state index contributed by atoms with van der Waals surface area (Å²) in [5.41, 5.74) is 1.66. The molecule has 0 unspecified atom stereocenters. The van der Waals surface area contributed by atoms with Gasteiger partial charge in [0.1, 0.15) is 22.2 Å². The van der Waals surface area contributed by atoms with Crippen LogP contribution in [0.5, 0.6) is 5.75 Å². The highest BCUT2D eigenvalue weighted by Crippen LogP contribution is 2.35. The van der Waals surface area contributed by atoms with Gasteiger partial charge < -0.3 is 34.8 Å². The maximum absolute atomic E-state index is 14.2. The predicted molar refractivity (Wildman–Crippen MR) is 182 cm³/mol. The molecule has 0 spiro atoms. The van der Waals surface area contributed by atoms with Gasteiger partial charge in [0.15, 0.2) is 22.5 Å². The molecule has 0 radical (unpaired) electrons. The molecule has 3 aromatic rings. The molecule has 12 nitrogen and oxygen atoms in total. The standard InChI is InChI=1S/C33H36F2N8O4S/c1-5-7-23(35)29(21(3)34)39-32(45)27-20-37-33(48-27)40-30-26(46-4)9-8-24(38-30)22-18-25(41-14-16-47-17-15-41)31(36-19-22)43-12-10-42(11-13-43)28(44)6-2/h5-9,18-20H,2-3,10-17H2,1,4H3,(H,39,45)(H,37,38,40)/b7-5-,29-23-. The summed E-state index contributed by atoms with van der Waals surface area (Å²) in [7, 11) is 1.51. The number of ether oxygens (including phenoxy) is 2. The van der Waals surface area contributed by atoms with Crippen LogP contribution in [-0.4, -0.2) is 91.3 Å². The fourth-order valence-electron chi connectivity index (χ4n) is 5.20. The Balaban J connectivity index is 1.40. The molecule has 2 aliphatic rings. The van der Waals surface area contributed by atoms with Crippen LogP contribution in [0.4, 0.5) is 31.2 Å². The number of amides is 2. The molecule has 3 aromatic heterocycles. The molecule has 15 heteroatoms. The summed E-state index contributed by atoms with van der Waals surface area (Å²) in [5.74, 6) is -1.32. The molecule has 0 atom stereocenters. The molecular formula is C33H36F2N8O4S. The number of nitrogens with zero attached hydrogens (tertiary/aromatic N) is 6. The number of rotatable bonds is 11. The molecule has 0 aliphatic carbocycles. The highest BCUT2D eigenvalue weighted by atomic mass is 32.1. The summed E-state index contributed by atoms with van der Waals surface area (Å²) < 4.78 is 39.2. The van der Waals surface area contributed by atoms with Crippen LogP contribution in [0.3, 0.4) is 0 Å². The van der Waals surface area contributed by atoms with E-state index in [4.69, 9.17) is 19.4 Å². The lowest BCUT2D eigenvalue weighted by atomic mass is 10.1. The predicted octanol–water partition coefficient (Wildman–Crippen LogP) is 4.99. The van der Waals surface area contributed by atoms with Gasteiger partial charge in [-0.15, -0.1) is 0 Å². The normalized spacial score (nSPS) is 15.6. The second-order valence-electron chi connectivity index (χ2n) is 10.7. The quantitative estimate of drug-likeness (QED) is 0.212. The minimum atomic E-state index is -1.12. The van der Waals surface area contributed by atoms with Gasteiger partial charge >= 0.3 is 0 Å². The Kier molecular flexibility index (Phi) is 11.1. The van der Waals surface area contributed by atoms with E-state index in [0.717, 1.165) is 34.5 Å². The number of nitrogens with one attached hydrogen (secondary N) is 2. The van der Waals surface area contributed by atoms with Crippen LogP contribution in [0.25, 0.3) is 11.3 Å². The number of thiazole rings is 1. The van der Waals surface area contributed by atoms with Crippen molar-refractivity contribution < 1.29 is 27.8 Å². The summed E-state index contributed by atoms with van der Waals surface area (Å²) >= 11 is 0.966. The van der Waals surface area contributed by atoms with E-state index in [9.17, 15) is 18.4 Å². The van der Waals surface area contributed by atoms with Crippen LogP contribution in [0.2, 0.25) is 0 Å². The van der Waals surface area contributed by atoms with Crippen LogP contribution < -0.4 is 25.2 Å². The Morgan fingerprint density at radius 2 is 1.81 bits per heavy atom. The number of hydrogen-bond acceptors (Lipinski definition) is 11. The van der Waals surface area contributed by atoms with E-state index in [-0.39, 0.29) is 10.8 Å². The third-order valence-electron chi connectivity index (χ3n) is 7.65. The van der Waals surface area contributed by atoms with E-state index in [1.54, 1.807) is 24.1 Å². The summed E-state index contributed by atoms with van der Waals surface area (Å²) in [6, 6.07) is 5.63. The number of hydrogen-bond donors (Lipinski definition) is 2. The van der Waals surface area contributed by atoms with Crippen molar-refractivity contribution in [2.45, 2.75) is 6.92 Å². The van der Waals surface area contributed by atoms with Crippen LogP contribution in [-0.2, 0) is 9.53 Å². The molecule has 2 amide bonds. The zero-order chi connectivity index (χ0) is 34.2. The highest BCUT2D eigenvalue weighted by Gasteiger charge is 2.26. The Morgan fingerprint density at radius 1 is 1.06 bits per heavy atom. The Hall–Kier alpha value is -5.15. The van der Waals surface area contributed by atoms with Gasteiger partial charge in [-0.25, -0.2) is 23.7 Å². The van der Waals surface area contributed by atoms with E-state index in [1.165, 1.54) is 25.5 Å². The first-order valence-corrected chi connectivity index (χ1v) is 16.0. The number of allylic oxidation sites excluding steroid dienone is 4. The van der Waals surface area contributed by atoms with E-state index in [0.29, 0.717) is 74.9 Å². The minimum Gasteiger partial charge on any atom is -0.493 e. The Bertz CT molecular complexity index is 1750. The molecule has 2 N–H and O–H groups in total. The van der Waals surface area contributed by atoms with Crippen molar-refractivity contribution in [3.05, 3.63) is 84.2 Å². The Labute approximate surface area is 281 Å². The van der Waals surface area contributed by atoms with Crippen molar-refractivity contribution in [3.8, 4) is 17.0 Å². The minimum absolute atomic E-state index is 0.0802. The molecule has 0 aromatic carbocycles. The molecule has 0 bridgehead atoms. The summed E-state index contributed by atoms with van der Waals surface area (Å²) in [4.78, 5) is 45.1. The maximum Gasteiger partial charge on any atom is 0.267 e. The molecular weight excluding hydrogens is 642 g/mol. The van der Waals surface area contributed by atoms with Gasteiger partial charge in [0.25, 0.3) is 5.91 Å². The second-order valence-corrected chi connectivity index (χ2v) is 11.7. The zero-order valence-electron chi connectivity index (χ0n) is 26.7. The third kappa shape index (κ3) is 7.86. The molecule has 5 heterocycles. The maximum atomic E-state index is 14.2. The van der Waals surface area contributed by atoms with Gasteiger partial charge in [0, 0.05) is 51.0 Å².